The average Bonchev–Trinajstić information content (AvgIpc) is 3.07. The molecule has 49 heavy (non-hydrogen) atoms. The molecular formula is C40H51N3O5S. The fourth-order valence-electron chi connectivity index (χ4n) is 9.00. The van der Waals surface area contributed by atoms with Gasteiger partial charge >= 0.3 is 0 Å². The van der Waals surface area contributed by atoms with Crippen molar-refractivity contribution >= 4 is 27.5 Å². The first-order valence-corrected chi connectivity index (χ1v) is 19.6. The molecule has 4 bridgehead atoms. The van der Waals surface area contributed by atoms with Gasteiger partial charge in [-0.3, -0.25) is 13.9 Å². The molecule has 4 fully saturated rings. The summed E-state index contributed by atoms with van der Waals surface area (Å²) in [6, 6.07) is 24.0. The van der Waals surface area contributed by atoms with E-state index in [2.05, 4.69) is 17.4 Å². The molecule has 0 heterocycles. The van der Waals surface area contributed by atoms with Gasteiger partial charge in [-0.2, -0.15) is 0 Å². The highest BCUT2D eigenvalue weighted by atomic mass is 32.2. The first-order chi connectivity index (χ1) is 23.4. The van der Waals surface area contributed by atoms with E-state index < -0.39 is 28.5 Å². The number of benzene rings is 3. The van der Waals surface area contributed by atoms with Crippen LogP contribution >= 0.6 is 0 Å². The van der Waals surface area contributed by atoms with E-state index in [0.29, 0.717) is 18.0 Å². The lowest BCUT2D eigenvalue weighted by molar-refractivity contribution is -0.140. The van der Waals surface area contributed by atoms with Crippen molar-refractivity contribution in [1.29, 1.82) is 0 Å². The SMILES string of the molecule is COc1cccc(CN(C(=O)CN(c2ccc(C34CC5CC(CC(C5)C3)C4)cc2)S(C)(=O)=O)[C@H](Cc2ccccc2)C(=O)NCC(C)C)c1. The molecule has 0 aliphatic heterocycles. The van der Waals surface area contributed by atoms with Gasteiger partial charge in [0.15, 0.2) is 0 Å². The molecule has 0 saturated heterocycles. The van der Waals surface area contributed by atoms with E-state index in [0.717, 1.165) is 35.1 Å². The van der Waals surface area contributed by atoms with Gasteiger partial charge in [0.05, 0.1) is 19.1 Å². The molecule has 8 nitrogen and oxygen atoms in total. The Bertz CT molecular complexity index is 1690. The van der Waals surface area contributed by atoms with E-state index in [4.69, 9.17) is 4.74 Å². The topological polar surface area (TPSA) is 96.0 Å². The smallest absolute Gasteiger partial charge is 0.244 e. The molecule has 2 amide bonds. The number of anilines is 1. The molecule has 9 heteroatoms. The second kappa shape index (κ2) is 14.6. The molecule has 4 aliphatic rings. The number of methoxy groups -OCH3 is 1. The van der Waals surface area contributed by atoms with Crippen molar-refractivity contribution in [3.63, 3.8) is 0 Å². The molecule has 3 aromatic rings. The summed E-state index contributed by atoms with van der Waals surface area (Å²) in [6.45, 7) is 4.17. The van der Waals surface area contributed by atoms with Gasteiger partial charge in [-0.25, -0.2) is 8.42 Å². The van der Waals surface area contributed by atoms with Gasteiger partial charge in [0.2, 0.25) is 21.8 Å². The van der Waals surface area contributed by atoms with Crippen molar-refractivity contribution in [3.8, 4) is 5.75 Å². The maximum absolute atomic E-state index is 14.5. The Balaban J connectivity index is 1.31. The van der Waals surface area contributed by atoms with Gasteiger partial charge in [-0.1, -0.05) is 68.4 Å². The quantitative estimate of drug-likeness (QED) is 0.214. The van der Waals surface area contributed by atoms with E-state index >= 15 is 0 Å². The van der Waals surface area contributed by atoms with Crippen LogP contribution in [-0.2, 0) is 38.0 Å². The first kappa shape index (κ1) is 35.0. The standard InChI is InChI=1S/C40H51N3O5S/c1-28(2)25-41-39(45)37(21-29-9-6-5-7-10-29)42(26-30-11-8-12-36(20-30)48-3)38(44)27-43(49(4,46)47)35-15-13-34(14-16-35)40-22-31-17-32(23-40)19-33(18-31)24-40/h5-16,20,28,31-33,37H,17-19,21-27H2,1-4H3,(H,41,45)/t31?,32?,33?,37-,40?/m1/s1. The Morgan fingerprint density at radius 3 is 2.06 bits per heavy atom. The second-order valence-corrected chi connectivity index (χ2v) is 17.1. The van der Waals surface area contributed by atoms with Crippen LogP contribution in [0, 0.1) is 23.7 Å². The summed E-state index contributed by atoms with van der Waals surface area (Å²) >= 11 is 0. The van der Waals surface area contributed by atoms with Crippen LogP contribution < -0.4 is 14.4 Å². The summed E-state index contributed by atoms with van der Waals surface area (Å²) in [7, 11) is -2.27. The highest BCUT2D eigenvalue weighted by Gasteiger charge is 2.51. The zero-order chi connectivity index (χ0) is 34.8. The number of hydrogen-bond donors (Lipinski definition) is 1. The minimum atomic E-state index is -3.85. The number of sulfonamides is 1. The third kappa shape index (κ3) is 8.14. The summed E-state index contributed by atoms with van der Waals surface area (Å²) in [5.41, 5.74) is 3.60. The van der Waals surface area contributed by atoms with Crippen LogP contribution in [0.4, 0.5) is 5.69 Å². The Morgan fingerprint density at radius 2 is 1.49 bits per heavy atom. The maximum Gasteiger partial charge on any atom is 0.244 e. The third-order valence-corrected chi connectivity index (χ3v) is 12.1. The normalized spacial score (nSPS) is 23.2. The molecule has 3 aromatic carbocycles. The number of hydrogen-bond acceptors (Lipinski definition) is 5. The molecule has 262 valence electrons. The summed E-state index contributed by atoms with van der Waals surface area (Å²) < 4.78 is 33.4. The molecule has 0 unspecified atom stereocenters. The minimum Gasteiger partial charge on any atom is -0.497 e. The number of carbonyl (C=O) groups excluding carboxylic acids is 2. The summed E-state index contributed by atoms with van der Waals surface area (Å²) in [5, 5.41) is 3.03. The number of amides is 2. The van der Waals surface area contributed by atoms with E-state index in [1.165, 1.54) is 53.3 Å². The van der Waals surface area contributed by atoms with Crippen molar-refractivity contribution in [1.82, 2.24) is 10.2 Å². The number of nitrogens with one attached hydrogen (secondary N) is 1. The molecule has 0 spiro atoms. The van der Waals surface area contributed by atoms with Crippen LogP contribution in [0.5, 0.6) is 5.75 Å². The first-order valence-electron chi connectivity index (χ1n) is 17.7. The van der Waals surface area contributed by atoms with Crippen molar-refractivity contribution in [2.75, 3.05) is 30.8 Å². The minimum absolute atomic E-state index is 0.102. The third-order valence-electron chi connectivity index (χ3n) is 10.9. The highest BCUT2D eigenvalue weighted by molar-refractivity contribution is 7.92. The Morgan fingerprint density at radius 1 is 0.878 bits per heavy atom. The Labute approximate surface area is 292 Å². The van der Waals surface area contributed by atoms with Gasteiger partial charge in [-0.15, -0.1) is 0 Å². The van der Waals surface area contributed by atoms with Crippen LogP contribution in [0.3, 0.4) is 0 Å². The molecule has 1 N–H and O–H groups in total. The Kier molecular flexibility index (Phi) is 10.4. The van der Waals surface area contributed by atoms with E-state index in [1.807, 2.05) is 80.6 Å². The monoisotopic (exact) mass is 685 g/mol. The predicted octanol–water partition coefficient (Wildman–Crippen LogP) is 6.34. The molecular weight excluding hydrogens is 635 g/mol. The van der Waals surface area contributed by atoms with Gasteiger partial charge in [0.25, 0.3) is 0 Å². The predicted molar refractivity (Wildman–Crippen MR) is 194 cm³/mol. The molecule has 4 aliphatic carbocycles. The number of rotatable bonds is 14. The maximum atomic E-state index is 14.5. The number of nitrogens with zero attached hydrogens (tertiary/aromatic N) is 2. The van der Waals surface area contributed by atoms with Crippen molar-refractivity contribution in [2.45, 2.75) is 76.8 Å². The van der Waals surface area contributed by atoms with Crippen molar-refractivity contribution in [2.24, 2.45) is 23.7 Å². The number of carbonyl (C=O) groups is 2. The summed E-state index contributed by atoms with van der Waals surface area (Å²) in [4.78, 5) is 29.9. The van der Waals surface area contributed by atoms with Gasteiger partial charge in [-0.05, 0) is 109 Å². The summed E-state index contributed by atoms with van der Waals surface area (Å²) in [6.07, 6.45) is 9.13. The van der Waals surface area contributed by atoms with E-state index in [-0.39, 0.29) is 30.2 Å². The van der Waals surface area contributed by atoms with E-state index in [9.17, 15) is 18.0 Å². The van der Waals surface area contributed by atoms with Crippen LogP contribution in [-0.4, -0.2) is 57.6 Å². The lowest BCUT2D eigenvalue weighted by Crippen LogP contribution is -2.53. The van der Waals surface area contributed by atoms with Gasteiger partial charge in [0.1, 0.15) is 18.3 Å². The zero-order valence-electron chi connectivity index (χ0n) is 29.3. The van der Waals surface area contributed by atoms with E-state index in [1.54, 1.807) is 7.11 Å². The molecule has 4 saturated carbocycles. The van der Waals surface area contributed by atoms with Crippen LogP contribution in [0.25, 0.3) is 0 Å². The highest BCUT2D eigenvalue weighted by Crippen LogP contribution is 2.60. The largest absolute Gasteiger partial charge is 0.497 e. The lowest BCUT2D eigenvalue weighted by Gasteiger charge is -2.57. The Hall–Kier alpha value is -3.85. The molecule has 0 aromatic heterocycles. The van der Waals surface area contributed by atoms with Crippen LogP contribution in [0.15, 0.2) is 78.9 Å². The fourth-order valence-corrected chi connectivity index (χ4v) is 9.85. The molecule has 0 radical (unpaired) electrons. The fraction of sp³-hybridized carbons (Fsp3) is 0.500. The van der Waals surface area contributed by atoms with Crippen LogP contribution in [0.1, 0.15) is 69.1 Å². The molecule has 1 atom stereocenters. The lowest BCUT2D eigenvalue weighted by atomic mass is 9.48. The zero-order valence-corrected chi connectivity index (χ0v) is 30.1. The molecule has 7 rings (SSSR count). The number of ether oxygens (including phenoxy) is 1. The van der Waals surface area contributed by atoms with Crippen molar-refractivity contribution in [3.05, 3.63) is 95.6 Å². The second-order valence-electron chi connectivity index (χ2n) is 15.2. The average molecular weight is 686 g/mol. The van der Waals surface area contributed by atoms with Gasteiger partial charge in [0, 0.05) is 19.5 Å². The summed E-state index contributed by atoms with van der Waals surface area (Å²) in [5.74, 6) is 2.50. The van der Waals surface area contributed by atoms with Crippen molar-refractivity contribution < 1.29 is 22.7 Å². The van der Waals surface area contributed by atoms with Gasteiger partial charge < -0.3 is 15.0 Å². The van der Waals surface area contributed by atoms with Crippen LogP contribution in [0.2, 0.25) is 0 Å².